The molecular formula is C14H22N2. The Balaban J connectivity index is 2.11. The van der Waals surface area contributed by atoms with Crippen LogP contribution in [0.15, 0.2) is 18.2 Å². The van der Waals surface area contributed by atoms with Crippen LogP contribution in [0.5, 0.6) is 0 Å². The Morgan fingerprint density at radius 2 is 1.81 bits per heavy atom. The molecular weight excluding hydrogens is 196 g/mol. The maximum Gasteiger partial charge on any atom is 0.0370 e. The third kappa shape index (κ3) is 2.31. The van der Waals surface area contributed by atoms with Gasteiger partial charge >= 0.3 is 0 Å². The van der Waals surface area contributed by atoms with Crippen molar-refractivity contribution >= 4 is 11.4 Å². The molecule has 0 amide bonds. The quantitative estimate of drug-likeness (QED) is 0.733. The third-order valence-corrected chi connectivity index (χ3v) is 3.74. The number of piperidine rings is 1. The van der Waals surface area contributed by atoms with Crippen LogP contribution in [-0.2, 0) is 0 Å². The fourth-order valence-electron chi connectivity index (χ4n) is 2.23. The van der Waals surface area contributed by atoms with Crippen molar-refractivity contribution in [3.63, 3.8) is 0 Å². The number of anilines is 2. The number of nitrogens with zero attached hydrogens (tertiary/aromatic N) is 1. The maximum absolute atomic E-state index is 5.84. The van der Waals surface area contributed by atoms with Crippen LogP contribution in [0, 0.1) is 12.3 Å². The largest absolute Gasteiger partial charge is 0.399 e. The van der Waals surface area contributed by atoms with Gasteiger partial charge in [0, 0.05) is 24.5 Å². The van der Waals surface area contributed by atoms with Crippen molar-refractivity contribution in [2.45, 2.75) is 33.6 Å². The first kappa shape index (κ1) is 11.3. The van der Waals surface area contributed by atoms with Crippen LogP contribution >= 0.6 is 0 Å². The summed E-state index contributed by atoms with van der Waals surface area (Å²) < 4.78 is 0. The van der Waals surface area contributed by atoms with Gasteiger partial charge in [-0.3, -0.25) is 0 Å². The Bertz CT molecular complexity index is 372. The molecule has 1 heterocycles. The van der Waals surface area contributed by atoms with Crippen LogP contribution < -0.4 is 10.6 Å². The average molecular weight is 218 g/mol. The number of benzene rings is 1. The van der Waals surface area contributed by atoms with E-state index in [0.29, 0.717) is 5.41 Å². The Morgan fingerprint density at radius 1 is 1.19 bits per heavy atom. The molecule has 0 saturated carbocycles. The molecule has 2 nitrogen and oxygen atoms in total. The van der Waals surface area contributed by atoms with E-state index in [2.05, 4.69) is 37.8 Å². The summed E-state index contributed by atoms with van der Waals surface area (Å²) in [5, 5.41) is 0. The van der Waals surface area contributed by atoms with Crippen molar-refractivity contribution in [3.05, 3.63) is 23.8 Å². The number of nitrogen functional groups attached to an aromatic ring is 1. The molecule has 2 heteroatoms. The maximum atomic E-state index is 5.84. The monoisotopic (exact) mass is 218 g/mol. The highest BCUT2D eigenvalue weighted by molar-refractivity contribution is 5.58. The van der Waals surface area contributed by atoms with Crippen molar-refractivity contribution in [1.29, 1.82) is 0 Å². The van der Waals surface area contributed by atoms with Gasteiger partial charge in [0.25, 0.3) is 0 Å². The summed E-state index contributed by atoms with van der Waals surface area (Å²) in [6.45, 7) is 9.12. The molecule has 0 radical (unpaired) electrons. The zero-order valence-electron chi connectivity index (χ0n) is 10.6. The molecule has 0 spiro atoms. The van der Waals surface area contributed by atoms with Crippen LogP contribution in [0.1, 0.15) is 32.3 Å². The zero-order valence-corrected chi connectivity index (χ0v) is 10.6. The summed E-state index contributed by atoms with van der Waals surface area (Å²) in [6, 6.07) is 6.36. The minimum atomic E-state index is 0.513. The fourth-order valence-corrected chi connectivity index (χ4v) is 2.23. The molecule has 1 aromatic carbocycles. The summed E-state index contributed by atoms with van der Waals surface area (Å²) in [4.78, 5) is 2.47. The molecule has 1 aliphatic rings. The lowest BCUT2D eigenvalue weighted by atomic mass is 9.82. The van der Waals surface area contributed by atoms with E-state index in [1.807, 2.05) is 6.07 Å². The van der Waals surface area contributed by atoms with Gasteiger partial charge in [0.05, 0.1) is 0 Å². The molecule has 0 atom stereocenters. The Kier molecular flexibility index (Phi) is 2.83. The van der Waals surface area contributed by atoms with E-state index in [4.69, 9.17) is 5.73 Å². The number of hydrogen-bond acceptors (Lipinski definition) is 2. The molecule has 1 fully saturated rings. The SMILES string of the molecule is Cc1cc(N2CCC(C)(C)CC2)ccc1N. The summed E-state index contributed by atoms with van der Waals surface area (Å²) in [7, 11) is 0. The van der Waals surface area contributed by atoms with Crippen LogP contribution in [-0.4, -0.2) is 13.1 Å². The van der Waals surface area contributed by atoms with Crippen molar-refractivity contribution in [2.75, 3.05) is 23.7 Å². The van der Waals surface area contributed by atoms with Crippen LogP contribution in [0.4, 0.5) is 11.4 Å². The highest BCUT2D eigenvalue weighted by atomic mass is 15.1. The van der Waals surface area contributed by atoms with Gasteiger partial charge in [-0.05, 0) is 48.9 Å². The minimum absolute atomic E-state index is 0.513. The molecule has 1 saturated heterocycles. The van der Waals surface area contributed by atoms with Crippen molar-refractivity contribution in [3.8, 4) is 0 Å². The predicted octanol–water partition coefficient (Wildman–Crippen LogP) is 3.20. The lowest BCUT2D eigenvalue weighted by Crippen LogP contribution is -2.37. The first-order valence-electron chi connectivity index (χ1n) is 6.09. The number of rotatable bonds is 1. The van der Waals surface area contributed by atoms with Gasteiger partial charge in [0.15, 0.2) is 0 Å². The van der Waals surface area contributed by atoms with Gasteiger partial charge < -0.3 is 10.6 Å². The molecule has 0 bridgehead atoms. The molecule has 1 aromatic rings. The fraction of sp³-hybridized carbons (Fsp3) is 0.571. The van der Waals surface area contributed by atoms with Gasteiger partial charge in [-0.15, -0.1) is 0 Å². The van der Waals surface area contributed by atoms with Crippen LogP contribution in [0.2, 0.25) is 0 Å². The number of aryl methyl sites for hydroxylation is 1. The van der Waals surface area contributed by atoms with Gasteiger partial charge in [-0.25, -0.2) is 0 Å². The molecule has 0 aliphatic carbocycles. The predicted molar refractivity (Wildman–Crippen MR) is 70.8 cm³/mol. The second-order valence-electron chi connectivity index (χ2n) is 5.69. The highest BCUT2D eigenvalue weighted by Gasteiger charge is 2.25. The van der Waals surface area contributed by atoms with Crippen LogP contribution in [0.3, 0.4) is 0 Å². The topological polar surface area (TPSA) is 29.3 Å². The van der Waals surface area contributed by atoms with Crippen molar-refractivity contribution in [1.82, 2.24) is 0 Å². The van der Waals surface area contributed by atoms with E-state index >= 15 is 0 Å². The van der Waals surface area contributed by atoms with Gasteiger partial charge in [0.1, 0.15) is 0 Å². The molecule has 0 aromatic heterocycles. The second kappa shape index (κ2) is 4.00. The standard InChI is InChI=1S/C14H22N2/c1-11-10-12(4-5-13(11)15)16-8-6-14(2,3)7-9-16/h4-5,10H,6-9,15H2,1-3H3. The lowest BCUT2D eigenvalue weighted by Gasteiger charge is -2.38. The van der Waals surface area contributed by atoms with E-state index in [9.17, 15) is 0 Å². The first-order chi connectivity index (χ1) is 7.48. The second-order valence-corrected chi connectivity index (χ2v) is 5.69. The summed E-state index contributed by atoms with van der Waals surface area (Å²) in [6.07, 6.45) is 2.55. The van der Waals surface area contributed by atoms with Crippen molar-refractivity contribution in [2.24, 2.45) is 5.41 Å². The molecule has 16 heavy (non-hydrogen) atoms. The molecule has 2 rings (SSSR count). The first-order valence-corrected chi connectivity index (χ1v) is 6.09. The third-order valence-electron chi connectivity index (χ3n) is 3.74. The van der Waals surface area contributed by atoms with Crippen LogP contribution in [0.25, 0.3) is 0 Å². The normalized spacial score (nSPS) is 19.8. The minimum Gasteiger partial charge on any atom is -0.399 e. The Labute approximate surface area is 98.4 Å². The van der Waals surface area contributed by atoms with E-state index in [-0.39, 0.29) is 0 Å². The number of hydrogen-bond donors (Lipinski definition) is 1. The van der Waals surface area contributed by atoms with E-state index in [1.54, 1.807) is 0 Å². The van der Waals surface area contributed by atoms with E-state index < -0.39 is 0 Å². The number of nitrogens with two attached hydrogens (primary N) is 1. The van der Waals surface area contributed by atoms with Gasteiger partial charge in [0.2, 0.25) is 0 Å². The smallest absolute Gasteiger partial charge is 0.0370 e. The zero-order chi connectivity index (χ0) is 11.8. The van der Waals surface area contributed by atoms with E-state index in [1.165, 1.54) is 24.1 Å². The molecule has 1 aliphatic heterocycles. The molecule has 2 N–H and O–H groups in total. The molecule has 0 unspecified atom stereocenters. The Hall–Kier alpha value is -1.18. The summed E-state index contributed by atoms with van der Waals surface area (Å²) >= 11 is 0. The lowest BCUT2D eigenvalue weighted by molar-refractivity contribution is 0.280. The highest BCUT2D eigenvalue weighted by Crippen LogP contribution is 2.32. The average Bonchev–Trinajstić information content (AvgIpc) is 2.22. The van der Waals surface area contributed by atoms with Crippen molar-refractivity contribution < 1.29 is 0 Å². The summed E-state index contributed by atoms with van der Waals surface area (Å²) in [5.41, 5.74) is 9.75. The Morgan fingerprint density at radius 3 is 2.38 bits per heavy atom. The molecule has 88 valence electrons. The van der Waals surface area contributed by atoms with Gasteiger partial charge in [-0.1, -0.05) is 13.8 Å². The summed E-state index contributed by atoms with van der Waals surface area (Å²) in [5.74, 6) is 0. The van der Waals surface area contributed by atoms with Gasteiger partial charge in [-0.2, -0.15) is 0 Å². The van der Waals surface area contributed by atoms with E-state index in [0.717, 1.165) is 18.8 Å².